The van der Waals surface area contributed by atoms with Gasteiger partial charge in [-0.05, 0) is 53.7 Å². The van der Waals surface area contributed by atoms with Crippen molar-refractivity contribution in [3.8, 4) is 11.5 Å². The van der Waals surface area contributed by atoms with Gasteiger partial charge in [0.1, 0.15) is 22.7 Å². The predicted molar refractivity (Wildman–Crippen MR) is 77.0 cm³/mol. The summed E-state index contributed by atoms with van der Waals surface area (Å²) in [6.45, 7) is 11.4. The summed E-state index contributed by atoms with van der Waals surface area (Å²) in [6.07, 6.45) is 0. The molecular weight excluding hydrogens is 243 g/mol. The molecule has 0 radical (unpaired) electrons. The Bertz CT molecular complexity index is 396. The van der Waals surface area contributed by atoms with Crippen molar-refractivity contribution in [1.82, 2.24) is 0 Å². The molecule has 5 heteroatoms. The van der Waals surface area contributed by atoms with Crippen molar-refractivity contribution in [3.63, 3.8) is 0 Å². The highest BCUT2D eigenvalue weighted by Crippen LogP contribution is 2.24. The van der Waals surface area contributed by atoms with Crippen LogP contribution < -0.4 is 14.9 Å². The molecule has 0 heterocycles. The molecule has 0 saturated heterocycles. The standard InChI is InChI=1S/C14H23BO4/c1-13(2,3)18-10-8-7-9-11(12(10)15(16)17)19-14(4,5)6/h7-9,16-17H,1-6H3. The first-order valence-electron chi connectivity index (χ1n) is 6.37. The minimum Gasteiger partial charge on any atom is -0.488 e. The first-order chi connectivity index (χ1) is 8.49. The smallest absolute Gasteiger partial charge is 0.488 e. The average Bonchev–Trinajstić information content (AvgIpc) is 2.11. The highest BCUT2D eigenvalue weighted by molar-refractivity contribution is 6.61. The maximum Gasteiger partial charge on any atom is 0.496 e. The molecule has 0 aliphatic carbocycles. The van der Waals surface area contributed by atoms with Gasteiger partial charge in [-0.15, -0.1) is 0 Å². The molecule has 0 aromatic heterocycles. The molecule has 0 aliphatic heterocycles. The van der Waals surface area contributed by atoms with Crippen LogP contribution in [0.2, 0.25) is 0 Å². The zero-order valence-corrected chi connectivity index (χ0v) is 12.5. The molecular formula is C14H23BO4. The van der Waals surface area contributed by atoms with Gasteiger partial charge in [-0.3, -0.25) is 0 Å². The van der Waals surface area contributed by atoms with E-state index in [-0.39, 0.29) is 5.46 Å². The fourth-order valence-electron chi connectivity index (χ4n) is 1.62. The fourth-order valence-corrected chi connectivity index (χ4v) is 1.62. The van der Waals surface area contributed by atoms with Crippen LogP contribution in [-0.2, 0) is 0 Å². The van der Waals surface area contributed by atoms with E-state index in [1.165, 1.54) is 0 Å². The third-order valence-corrected chi connectivity index (χ3v) is 2.12. The zero-order chi connectivity index (χ0) is 14.8. The molecule has 0 saturated carbocycles. The topological polar surface area (TPSA) is 58.9 Å². The van der Waals surface area contributed by atoms with Crippen LogP contribution in [0.25, 0.3) is 0 Å². The molecule has 0 fully saturated rings. The van der Waals surface area contributed by atoms with E-state index in [4.69, 9.17) is 9.47 Å². The molecule has 1 aromatic rings. The Morgan fingerprint density at radius 3 is 1.47 bits per heavy atom. The van der Waals surface area contributed by atoms with E-state index in [1.807, 2.05) is 41.5 Å². The first kappa shape index (κ1) is 15.9. The van der Waals surface area contributed by atoms with Crippen LogP contribution in [0, 0.1) is 0 Å². The molecule has 0 unspecified atom stereocenters. The highest BCUT2D eigenvalue weighted by Gasteiger charge is 2.27. The number of benzene rings is 1. The number of hydrogen-bond acceptors (Lipinski definition) is 4. The van der Waals surface area contributed by atoms with Crippen molar-refractivity contribution in [2.24, 2.45) is 0 Å². The summed E-state index contributed by atoms with van der Waals surface area (Å²) in [5, 5.41) is 19.1. The van der Waals surface area contributed by atoms with Crippen LogP contribution in [0.5, 0.6) is 11.5 Å². The SMILES string of the molecule is CC(C)(C)Oc1cccc(OC(C)(C)C)c1B(O)O. The number of rotatable bonds is 3. The second-order valence-corrected chi connectivity index (χ2v) is 6.47. The molecule has 0 bridgehead atoms. The lowest BCUT2D eigenvalue weighted by Gasteiger charge is -2.27. The molecule has 0 aliphatic rings. The van der Waals surface area contributed by atoms with Crippen molar-refractivity contribution in [2.75, 3.05) is 0 Å². The lowest BCUT2D eigenvalue weighted by Crippen LogP contribution is -2.38. The summed E-state index contributed by atoms with van der Waals surface area (Å²) in [6, 6.07) is 5.18. The van der Waals surface area contributed by atoms with Crippen LogP contribution >= 0.6 is 0 Å². The molecule has 2 N–H and O–H groups in total. The van der Waals surface area contributed by atoms with E-state index < -0.39 is 18.3 Å². The molecule has 19 heavy (non-hydrogen) atoms. The van der Waals surface area contributed by atoms with Crippen molar-refractivity contribution in [2.45, 2.75) is 52.7 Å². The number of hydrogen-bond donors (Lipinski definition) is 2. The number of ether oxygens (including phenoxy) is 2. The summed E-state index contributed by atoms with van der Waals surface area (Å²) >= 11 is 0. The van der Waals surface area contributed by atoms with Gasteiger partial charge >= 0.3 is 7.12 Å². The summed E-state index contributed by atoms with van der Waals surface area (Å²) < 4.78 is 11.5. The minimum atomic E-state index is -1.64. The lowest BCUT2D eigenvalue weighted by atomic mass is 9.78. The quantitative estimate of drug-likeness (QED) is 0.818. The van der Waals surface area contributed by atoms with Crippen LogP contribution in [0.4, 0.5) is 0 Å². The van der Waals surface area contributed by atoms with Crippen LogP contribution in [0.15, 0.2) is 18.2 Å². The summed E-state index contributed by atoms with van der Waals surface area (Å²) in [4.78, 5) is 0. The molecule has 1 aromatic carbocycles. The highest BCUT2D eigenvalue weighted by atomic mass is 16.5. The monoisotopic (exact) mass is 266 g/mol. The molecule has 4 nitrogen and oxygen atoms in total. The van der Waals surface area contributed by atoms with Gasteiger partial charge in [0.25, 0.3) is 0 Å². The summed E-state index contributed by atoms with van der Waals surface area (Å²) in [5.74, 6) is 0.841. The van der Waals surface area contributed by atoms with Gasteiger partial charge < -0.3 is 19.5 Å². The van der Waals surface area contributed by atoms with Crippen molar-refractivity contribution >= 4 is 12.6 Å². The van der Waals surface area contributed by atoms with Crippen molar-refractivity contribution in [3.05, 3.63) is 18.2 Å². The Hall–Kier alpha value is -1.20. The normalized spacial score (nSPS) is 12.2. The van der Waals surface area contributed by atoms with Crippen molar-refractivity contribution in [1.29, 1.82) is 0 Å². The van der Waals surface area contributed by atoms with Gasteiger partial charge in [-0.1, -0.05) is 6.07 Å². The van der Waals surface area contributed by atoms with Gasteiger partial charge in [-0.2, -0.15) is 0 Å². The lowest BCUT2D eigenvalue weighted by molar-refractivity contribution is 0.123. The zero-order valence-electron chi connectivity index (χ0n) is 12.5. The average molecular weight is 266 g/mol. The Morgan fingerprint density at radius 2 is 1.21 bits per heavy atom. The fraction of sp³-hybridized carbons (Fsp3) is 0.571. The molecule has 0 amide bonds. The Kier molecular flexibility index (Phi) is 4.53. The Labute approximate surface area is 115 Å². The summed E-state index contributed by atoms with van der Waals surface area (Å²) in [7, 11) is -1.64. The van der Waals surface area contributed by atoms with E-state index in [0.29, 0.717) is 11.5 Å². The Balaban J connectivity index is 3.22. The van der Waals surface area contributed by atoms with E-state index in [9.17, 15) is 10.0 Å². The Morgan fingerprint density at radius 1 is 0.842 bits per heavy atom. The van der Waals surface area contributed by atoms with E-state index in [1.54, 1.807) is 18.2 Å². The first-order valence-corrected chi connectivity index (χ1v) is 6.37. The summed E-state index contributed by atoms with van der Waals surface area (Å²) in [5.41, 5.74) is -0.596. The second-order valence-electron chi connectivity index (χ2n) is 6.47. The van der Waals surface area contributed by atoms with Gasteiger partial charge in [0.15, 0.2) is 0 Å². The van der Waals surface area contributed by atoms with E-state index in [2.05, 4.69) is 0 Å². The maximum absolute atomic E-state index is 9.57. The van der Waals surface area contributed by atoms with Gasteiger partial charge in [0.05, 0.1) is 5.46 Å². The maximum atomic E-state index is 9.57. The molecule has 0 atom stereocenters. The van der Waals surface area contributed by atoms with E-state index in [0.717, 1.165) is 0 Å². The third-order valence-electron chi connectivity index (χ3n) is 2.12. The van der Waals surface area contributed by atoms with Gasteiger partial charge in [0.2, 0.25) is 0 Å². The van der Waals surface area contributed by atoms with E-state index >= 15 is 0 Å². The molecule has 0 spiro atoms. The predicted octanol–water partition coefficient (Wildman–Crippen LogP) is 1.72. The van der Waals surface area contributed by atoms with Crippen LogP contribution in [0.1, 0.15) is 41.5 Å². The van der Waals surface area contributed by atoms with Gasteiger partial charge in [0, 0.05) is 0 Å². The van der Waals surface area contributed by atoms with Crippen molar-refractivity contribution < 1.29 is 19.5 Å². The van der Waals surface area contributed by atoms with Crippen LogP contribution in [-0.4, -0.2) is 28.4 Å². The molecule has 106 valence electrons. The molecule has 1 rings (SSSR count). The second kappa shape index (κ2) is 5.43. The largest absolute Gasteiger partial charge is 0.496 e. The van der Waals surface area contributed by atoms with Crippen LogP contribution in [0.3, 0.4) is 0 Å². The van der Waals surface area contributed by atoms with Gasteiger partial charge in [-0.25, -0.2) is 0 Å². The third kappa shape index (κ3) is 5.13. The minimum absolute atomic E-state index is 0.257.